The molecule has 2 saturated heterocycles. The number of aryl methyl sites for hydroxylation is 1. The maximum atomic E-state index is 13.7. The molecule has 1 N–H and O–H groups in total. The third kappa shape index (κ3) is 4.63. The van der Waals surface area contributed by atoms with E-state index < -0.39 is 0 Å². The smallest absolute Gasteiger partial charge is 0.165 e. The average Bonchev–Trinajstić information content (AvgIpc) is 3.18. The largest absolute Gasteiger partial charge is 0.377 e. The van der Waals surface area contributed by atoms with Gasteiger partial charge in [0, 0.05) is 43.7 Å². The summed E-state index contributed by atoms with van der Waals surface area (Å²) in [6.07, 6.45) is 2.48. The molecule has 0 saturated carbocycles. The topological polar surface area (TPSA) is 59.5 Å². The molecule has 4 heterocycles. The third-order valence-electron chi connectivity index (χ3n) is 5.08. The minimum atomic E-state index is -0.325. The summed E-state index contributed by atoms with van der Waals surface area (Å²) in [6, 6.07) is 3.01. The van der Waals surface area contributed by atoms with Crippen molar-refractivity contribution in [3.05, 3.63) is 40.2 Å². The van der Waals surface area contributed by atoms with E-state index in [1.807, 2.05) is 6.92 Å². The van der Waals surface area contributed by atoms with Gasteiger partial charge in [-0.05, 0) is 25.5 Å². The van der Waals surface area contributed by atoms with Crippen molar-refractivity contribution < 1.29 is 13.9 Å². The van der Waals surface area contributed by atoms with Crippen LogP contribution in [0.1, 0.15) is 17.1 Å². The molecule has 27 heavy (non-hydrogen) atoms. The van der Waals surface area contributed by atoms with Crippen LogP contribution in [0.25, 0.3) is 0 Å². The first kappa shape index (κ1) is 18.7. The van der Waals surface area contributed by atoms with Gasteiger partial charge in [-0.1, -0.05) is 0 Å². The van der Waals surface area contributed by atoms with Gasteiger partial charge < -0.3 is 14.8 Å². The molecule has 0 aromatic carbocycles. The summed E-state index contributed by atoms with van der Waals surface area (Å²) in [7, 11) is 0. The molecule has 0 bridgehead atoms. The van der Waals surface area contributed by atoms with Crippen LogP contribution in [0.15, 0.2) is 23.7 Å². The van der Waals surface area contributed by atoms with Gasteiger partial charge >= 0.3 is 0 Å². The molecule has 2 aromatic heterocycles. The van der Waals surface area contributed by atoms with E-state index in [4.69, 9.17) is 9.47 Å². The summed E-state index contributed by atoms with van der Waals surface area (Å²) in [5.74, 6) is 0.279. The second-order valence-corrected chi connectivity index (χ2v) is 8.46. The SMILES string of the molecule is Cc1nc(CN2CCOCC3(CC(CNc4ncccc4F)CO3)C2)cs1. The zero-order valence-electron chi connectivity index (χ0n) is 15.5. The second kappa shape index (κ2) is 8.18. The van der Waals surface area contributed by atoms with Crippen molar-refractivity contribution in [2.75, 3.05) is 44.8 Å². The molecule has 2 aliphatic heterocycles. The summed E-state index contributed by atoms with van der Waals surface area (Å²) in [4.78, 5) is 11.0. The number of ether oxygens (including phenoxy) is 2. The molecule has 0 aliphatic carbocycles. The van der Waals surface area contributed by atoms with Crippen LogP contribution in [0.2, 0.25) is 0 Å². The molecule has 146 valence electrons. The first-order chi connectivity index (χ1) is 13.1. The van der Waals surface area contributed by atoms with Crippen molar-refractivity contribution in [3.8, 4) is 0 Å². The molecular weight excluding hydrogens is 367 g/mol. The van der Waals surface area contributed by atoms with Gasteiger partial charge in [-0.15, -0.1) is 11.3 Å². The Bertz CT molecular complexity index is 774. The first-order valence-corrected chi connectivity index (χ1v) is 10.2. The summed E-state index contributed by atoms with van der Waals surface area (Å²) in [5, 5.41) is 6.33. The molecular formula is C19H25FN4O2S. The molecule has 0 radical (unpaired) electrons. The Morgan fingerprint density at radius 3 is 3.22 bits per heavy atom. The van der Waals surface area contributed by atoms with Gasteiger partial charge in [-0.2, -0.15) is 0 Å². The minimum absolute atomic E-state index is 0.295. The molecule has 2 aromatic rings. The van der Waals surface area contributed by atoms with Crippen molar-refractivity contribution in [3.63, 3.8) is 0 Å². The summed E-state index contributed by atoms with van der Waals surface area (Å²) >= 11 is 1.68. The standard InChI is InChI=1S/C19H25FN4O2S/c1-14-23-16(11-27-14)9-24-5-6-25-13-19(12-24)7-15(10-26-19)8-22-18-17(20)3-2-4-21-18/h2-4,11,15H,5-10,12-13H2,1H3,(H,21,22). The Labute approximate surface area is 162 Å². The van der Waals surface area contributed by atoms with Gasteiger partial charge in [0.1, 0.15) is 5.60 Å². The highest BCUT2D eigenvalue weighted by atomic mass is 32.1. The van der Waals surface area contributed by atoms with Crippen LogP contribution in [0.4, 0.5) is 10.2 Å². The summed E-state index contributed by atoms with van der Waals surface area (Å²) in [6.45, 7) is 7.16. The number of nitrogens with zero attached hydrogens (tertiary/aromatic N) is 3. The van der Waals surface area contributed by atoms with E-state index in [1.54, 1.807) is 23.6 Å². The average molecular weight is 393 g/mol. The highest BCUT2D eigenvalue weighted by Gasteiger charge is 2.43. The molecule has 2 fully saturated rings. The maximum absolute atomic E-state index is 13.7. The lowest BCUT2D eigenvalue weighted by atomic mass is 9.94. The lowest BCUT2D eigenvalue weighted by molar-refractivity contribution is -0.0563. The Morgan fingerprint density at radius 1 is 1.48 bits per heavy atom. The summed E-state index contributed by atoms with van der Waals surface area (Å²) in [5.41, 5.74) is 0.813. The zero-order chi connectivity index (χ0) is 18.7. The molecule has 2 unspecified atom stereocenters. The van der Waals surface area contributed by atoms with E-state index in [1.165, 1.54) is 6.07 Å². The van der Waals surface area contributed by atoms with Crippen LogP contribution >= 0.6 is 11.3 Å². The number of rotatable bonds is 5. The predicted octanol–water partition coefficient (Wildman–Crippen LogP) is 2.71. The normalized spacial score (nSPS) is 26.4. The molecule has 8 heteroatoms. The van der Waals surface area contributed by atoms with E-state index >= 15 is 0 Å². The van der Waals surface area contributed by atoms with Crippen molar-refractivity contribution >= 4 is 17.2 Å². The summed E-state index contributed by atoms with van der Waals surface area (Å²) < 4.78 is 25.8. The Balaban J connectivity index is 1.35. The highest BCUT2D eigenvalue weighted by molar-refractivity contribution is 7.09. The molecule has 2 atom stereocenters. The second-order valence-electron chi connectivity index (χ2n) is 7.40. The van der Waals surface area contributed by atoms with Crippen LogP contribution in [0.5, 0.6) is 0 Å². The molecule has 6 nitrogen and oxygen atoms in total. The van der Waals surface area contributed by atoms with E-state index in [2.05, 4.69) is 25.6 Å². The van der Waals surface area contributed by atoms with E-state index in [-0.39, 0.29) is 11.4 Å². The van der Waals surface area contributed by atoms with Crippen molar-refractivity contribution in [1.29, 1.82) is 0 Å². The number of pyridine rings is 1. The lowest BCUT2D eigenvalue weighted by Crippen LogP contribution is -2.44. The van der Waals surface area contributed by atoms with Gasteiger partial charge in [-0.25, -0.2) is 14.4 Å². The van der Waals surface area contributed by atoms with E-state index in [0.29, 0.717) is 38.1 Å². The monoisotopic (exact) mass is 392 g/mol. The van der Waals surface area contributed by atoms with Crippen molar-refractivity contribution in [1.82, 2.24) is 14.9 Å². The number of hydrogen-bond acceptors (Lipinski definition) is 7. The molecule has 2 aliphatic rings. The van der Waals surface area contributed by atoms with Crippen LogP contribution in [0.3, 0.4) is 0 Å². The Hall–Kier alpha value is -1.61. The lowest BCUT2D eigenvalue weighted by Gasteiger charge is -2.30. The van der Waals surface area contributed by atoms with E-state index in [9.17, 15) is 4.39 Å². The highest BCUT2D eigenvalue weighted by Crippen LogP contribution is 2.33. The van der Waals surface area contributed by atoms with Crippen molar-refractivity contribution in [2.24, 2.45) is 5.92 Å². The van der Waals surface area contributed by atoms with Gasteiger partial charge in [-0.3, -0.25) is 4.90 Å². The Morgan fingerprint density at radius 2 is 2.41 bits per heavy atom. The van der Waals surface area contributed by atoms with Crippen molar-refractivity contribution in [2.45, 2.75) is 25.5 Å². The van der Waals surface area contributed by atoms with Gasteiger partial charge in [0.05, 0.1) is 30.5 Å². The fraction of sp³-hybridized carbons (Fsp3) is 0.579. The number of aromatic nitrogens is 2. The molecule has 0 amide bonds. The first-order valence-electron chi connectivity index (χ1n) is 9.31. The fourth-order valence-corrected chi connectivity index (χ4v) is 4.47. The Kier molecular flexibility index (Phi) is 5.68. The minimum Gasteiger partial charge on any atom is -0.377 e. The molecule has 1 spiro atoms. The number of hydrogen-bond donors (Lipinski definition) is 1. The number of anilines is 1. The quantitative estimate of drug-likeness (QED) is 0.844. The number of thiazole rings is 1. The zero-order valence-corrected chi connectivity index (χ0v) is 16.3. The van der Waals surface area contributed by atoms with Crippen LogP contribution < -0.4 is 5.32 Å². The van der Waals surface area contributed by atoms with Gasteiger partial charge in [0.2, 0.25) is 0 Å². The number of nitrogens with one attached hydrogen (secondary N) is 1. The van der Waals surface area contributed by atoms with Gasteiger partial charge in [0.15, 0.2) is 11.6 Å². The van der Waals surface area contributed by atoms with Gasteiger partial charge in [0.25, 0.3) is 0 Å². The van der Waals surface area contributed by atoms with Crippen LogP contribution in [-0.4, -0.2) is 59.9 Å². The molecule has 4 rings (SSSR count). The third-order valence-corrected chi connectivity index (χ3v) is 5.91. The predicted molar refractivity (Wildman–Crippen MR) is 102 cm³/mol. The van der Waals surface area contributed by atoms with E-state index in [0.717, 1.165) is 36.8 Å². The van der Waals surface area contributed by atoms with Crippen LogP contribution in [-0.2, 0) is 16.0 Å². The number of halogens is 1. The van der Waals surface area contributed by atoms with Crippen LogP contribution in [0, 0.1) is 18.7 Å². The maximum Gasteiger partial charge on any atom is 0.165 e. The fourth-order valence-electron chi connectivity index (χ4n) is 3.87.